The van der Waals surface area contributed by atoms with Crippen LogP contribution < -0.4 is 0 Å². The van der Waals surface area contributed by atoms with Crippen LogP contribution in [-0.4, -0.2) is 5.78 Å². The van der Waals surface area contributed by atoms with E-state index in [1.807, 2.05) is 0 Å². The Labute approximate surface area is 78.8 Å². The molecule has 0 aliphatic rings. The van der Waals surface area contributed by atoms with Crippen LogP contribution in [0.15, 0.2) is 23.6 Å². The van der Waals surface area contributed by atoms with Gasteiger partial charge in [0.15, 0.2) is 5.78 Å². The highest BCUT2D eigenvalue weighted by atomic mass is 32.1. The summed E-state index contributed by atoms with van der Waals surface area (Å²) >= 11 is 1.40. The summed E-state index contributed by atoms with van der Waals surface area (Å²) < 4.78 is 13.6. The number of carbonyl (C=O) groups excluding carboxylic acids is 1. The van der Waals surface area contributed by atoms with Gasteiger partial charge in [0.2, 0.25) is 0 Å². The fraction of sp³-hybridized carbons (Fsp3) is 0.100. The van der Waals surface area contributed by atoms with Crippen LogP contribution in [0.5, 0.6) is 0 Å². The average Bonchev–Trinajstić information content (AvgIpc) is 2.46. The summed E-state index contributed by atoms with van der Waals surface area (Å²) in [5, 5.41) is 2.62. The van der Waals surface area contributed by atoms with Gasteiger partial charge in [0.1, 0.15) is 5.82 Å². The molecule has 0 aliphatic carbocycles. The summed E-state index contributed by atoms with van der Waals surface area (Å²) in [5.74, 6) is -0.234. The Morgan fingerprint density at radius 1 is 1.46 bits per heavy atom. The summed E-state index contributed by atoms with van der Waals surface area (Å²) in [6, 6.07) is 4.48. The van der Waals surface area contributed by atoms with Crippen molar-refractivity contribution in [1.82, 2.24) is 0 Å². The molecule has 0 aliphatic heterocycles. The number of Topliss-reactive ketones (excluding diaryl/α,β-unsaturated/α-hetero) is 1. The smallest absolute Gasteiger partial charge is 0.161 e. The Bertz CT molecular complexity index is 473. The third kappa shape index (κ3) is 1.35. The molecule has 66 valence electrons. The van der Waals surface area contributed by atoms with E-state index in [2.05, 4.69) is 0 Å². The van der Waals surface area contributed by atoms with Crippen molar-refractivity contribution in [2.45, 2.75) is 6.92 Å². The summed E-state index contributed by atoms with van der Waals surface area (Å²) in [4.78, 5) is 11.1. The van der Waals surface area contributed by atoms with Crippen LogP contribution >= 0.6 is 11.3 Å². The second-order valence-electron chi connectivity index (χ2n) is 2.85. The number of rotatable bonds is 1. The molecule has 0 amide bonds. The summed E-state index contributed by atoms with van der Waals surface area (Å²) in [6.07, 6.45) is 0. The molecule has 0 saturated carbocycles. The van der Waals surface area contributed by atoms with E-state index in [1.165, 1.54) is 30.4 Å². The van der Waals surface area contributed by atoms with Gasteiger partial charge in [-0.3, -0.25) is 4.79 Å². The van der Waals surface area contributed by atoms with Crippen molar-refractivity contribution < 1.29 is 9.18 Å². The SMILES string of the molecule is CC(=O)c1csc2cc(F)ccc12. The first-order valence-corrected chi connectivity index (χ1v) is 4.74. The summed E-state index contributed by atoms with van der Waals surface area (Å²) in [7, 11) is 0. The van der Waals surface area contributed by atoms with Crippen LogP contribution in [0.3, 0.4) is 0 Å². The molecule has 0 bridgehead atoms. The van der Waals surface area contributed by atoms with Crippen molar-refractivity contribution in [1.29, 1.82) is 0 Å². The molecule has 0 N–H and O–H groups in total. The number of benzene rings is 1. The molecule has 1 aromatic heterocycles. The van der Waals surface area contributed by atoms with Crippen LogP contribution in [0.1, 0.15) is 17.3 Å². The highest BCUT2D eigenvalue weighted by Crippen LogP contribution is 2.26. The molecule has 3 heteroatoms. The van der Waals surface area contributed by atoms with Crippen LogP contribution in [0.4, 0.5) is 4.39 Å². The number of ketones is 1. The molecule has 2 rings (SSSR count). The minimum atomic E-state index is -0.260. The highest BCUT2D eigenvalue weighted by Gasteiger charge is 2.07. The third-order valence-corrected chi connectivity index (χ3v) is 2.86. The highest BCUT2D eigenvalue weighted by molar-refractivity contribution is 7.17. The molecule has 0 spiro atoms. The predicted octanol–water partition coefficient (Wildman–Crippen LogP) is 3.24. The van der Waals surface area contributed by atoms with E-state index < -0.39 is 0 Å². The predicted molar refractivity (Wildman–Crippen MR) is 51.8 cm³/mol. The zero-order chi connectivity index (χ0) is 9.42. The standard InChI is InChI=1S/C10H7FOS/c1-6(12)9-5-13-10-4-7(11)2-3-8(9)10/h2-5H,1H3. The van der Waals surface area contributed by atoms with Gasteiger partial charge in [0.25, 0.3) is 0 Å². The van der Waals surface area contributed by atoms with Gasteiger partial charge in [-0.2, -0.15) is 0 Å². The Hall–Kier alpha value is -1.22. The molecular formula is C10H7FOS. The lowest BCUT2D eigenvalue weighted by Crippen LogP contribution is -1.88. The molecule has 1 aromatic carbocycles. The van der Waals surface area contributed by atoms with Gasteiger partial charge in [-0.1, -0.05) is 0 Å². The average molecular weight is 194 g/mol. The minimum absolute atomic E-state index is 0.0258. The molecule has 0 fully saturated rings. The van der Waals surface area contributed by atoms with E-state index in [9.17, 15) is 9.18 Å². The maximum absolute atomic E-state index is 12.8. The van der Waals surface area contributed by atoms with Crippen LogP contribution in [-0.2, 0) is 0 Å². The summed E-state index contributed by atoms with van der Waals surface area (Å²) in [5.41, 5.74) is 0.681. The van der Waals surface area contributed by atoms with Gasteiger partial charge >= 0.3 is 0 Å². The van der Waals surface area contributed by atoms with Crippen molar-refractivity contribution in [2.24, 2.45) is 0 Å². The van der Waals surface area contributed by atoms with E-state index in [0.717, 1.165) is 10.1 Å². The maximum Gasteiger partial charge on any atom is 0.161 e. The molecule has 0 atom stereocenters. The van der Waals surface area contributed by atoms with Crippen LogP contribution in [0, 0.1) is 5.82 Å². The second kappa shape index (κ2) is 2.92. The Balaban J connectivity index is 2.76. The van der Waals surface area contributed by atoms with Crippen molar-refractivity contribution in [3.8, 4) is 0 Å². The van der Waals surface area contributed by atoms with E-state index >= 15 is 0 Å². The number of carbonyl (C=O) groups is 1. The van der Waals surface area contributed by atoms with Gasteiger partial charge in [-0.25, -0.2) is 4.39 Å². The molecule has 2 aromatic rings. The quantitative estimate of drug-likeness (QED) is 0.637. The molecule has 0 unspecified atom stereocenters. The minimum Gasteiger partial charge on any atom is -0.294 e. The number of hydrogen-bond donors (Lipinski definition) is 0. The second-order valence-corrected chi connectivity index (χ2v) is 3.76. The van der Waals surface area contributed by atoms with E-state index in [1.54, 1.807) is 11.4 Å². The molecular weight excluding hydrogens is 187 g/mol. The fourth-order valence-corrected chi connectivity index (χ4v) is 2.30. The maximum atomic E-state index is 12.8. The molecule has 1 nitrogen and oxygen atoms in total. The Morgan fingerprint density at radius 2 is 2.23 bits per heavy atom. The summed E-state index contributed by atoms with van der Waals surface area (Å²) in [6.45, 7) is 1.52. The number of halogens is 1. The third-order valence-electron chi connectivity index (χ3n) is 1.92. The number of hydrogen-bond acceptors (Lipinski definition) is 2. The van der Waals surface area contributed by atoms with Gasteiger partial charge in [0.05, 0.1) is 0 Å². The normalized spacial score (nSPS) is 10.6. The van der Waals surface area contributed by atoms with Crippen LogP contribution in [0.2, 0.25) is 0 Å². The van der Waals surface area contributed by atoms with Gasteiger partial charge in [-0.15, -0.1) is 11.3 Å². The lowest BCUT2D eigenvalue weighted by Gasteiger charge is -1.92. The lowest BCUT2D eigenvalue weighted by molar-refractivity contribution is 0.101. The zero-order valence-electron chi connectivity index (χ0n) is 7.00. The largest absolute Gasteiger partial charge is 0.294 e. The van der Waals surface area contributed by atoms with Crippen molar-refractivity contribution in [3.63, 3.8) is 0 Å². The first kappa shape index (κ1) is 8.38. The molecule has 0 saturated heterocycles. The first-order valence-electron chi connectivity index (χ1n) is 3.86. The lowest BCUT2D eigenvalue weighted by atomic mass is 10.1. The molecule has 1 heterocycles. The molecule has 0 radical (unpaired) electrons. The van der Waals surface area contributed by atoms with Gasteiger partial charge in [-0.05, 0) is 25.1 Å². The van der Waals surface area contributed by atoms with Crippen LogP contribution in [0.25, 0.3) is 10.1 Å². The number of thiophene rings is 1. The Morgan fingerprint density at radius 3 is 2.92 bits per heavy atom. The first-order chi connectivity index (χ1) is 6.18. The van der Waals surface area contributed by atoms with Gasteiger partial charge < -0.3 is 0 Å². The zero-order valence-corrected chi connectivity index (χ0v) is 7.82. The molecule has 13 heavy (non-hydrogen) atoms. The van der Waals surface area contributed by atoms with Gasteiger partial charge in [0, 0.05) is 21.0 Å². The number of fused-ring (bicyclic) bond motifs is 1. The van der Waals surface area contributed by atoms with E-state index in [0.29, 0.717) is 5.56 Å². The van der Waals surface area contributed by atoms with E-state index in [-0.39, 0.29) is 11.6 Å². The fourth-order valence-electron chi connectivity index (χ4n) is 1.27. The van der Waals surface area contributed by atoms with E-state index in [4.69, 9.17) is 0 Å². The van der Waals surface area contributed by atoms with Crippen molar-refractivity contribution in [3.05, 3.63) is 35.0 Å². The topological polar surface area (TPSA) is 17.1 Å². The van der Waals surface area contributed by atoms with Crippen molar-refractivity contribution >= 4 is 27.2 Å². The Kier molecular flexibility index (Phi) is 1.88. The van der Waals surface area contributed by atoms with Crippen molar-refractivity contribution in [2.75, 3.05) is 0 Å². The monoisotopic (exact) mass is 194 g/mol.